The van der Waals surface area contributed by atoms with Crippen LogP contribution in [0.1, 0.15) is 18.5 Å². The van der Waals surface area contributed by atoms with E-state index in [1.54, 1.807) is 6.20 Å². The second-order valence-corrected chi connectivity index (χ2v) is 4.84. The Morgan fingerprint density at radius 2 is 2.29 bits per heavy atom. The fraction of sp³-hybridized carbons (Fsp3) is 0.615. The third-order valence-electron chi connectivity index (χ3n) is 2.95. The molecule has 1 aliphatic carbocycles. The second-order valence-electron chi connectivity index (χ2n) is 4.84. The topological polar surface area (TPSA) is 51.4 Å². The van der Waals surface area contributed by atoms with Crippen LogP contribution in [0.15, 0.2) is 18.3 Å². The molecule has 4 heteroatoms. The maximum atomic E-state index is 5.60. The van der Waals surface area contributed by atoms with Gasteiger partial charge >= 0.3 is 0 Å². The van der Waals surface area contributed by atoms with Crippen LogP contribution in [-0.4, -0.2) is 36.7 Å². The van der Waals surface area contributed by atoms with E-state index in [-0.39, 0.29) is 0 Å². The van der Waals surface area contributed by atoms with Crippen molar-refractivity contribution in [2.24, 2.45) is 5.92 Å². The summed E-state index contributed by atoms with van der Waals surface area (Å²) in [6, 6.07) is 3.86. The minimum atomic E-state index is 0.712. The van der Waals surface area contributed by atoms with Crippen LogP contribution >= 0.6 is 0 Å². The highest BCUT2D eigenvalue weighted by atomic mass is 16.5. The van der Waals surface area contributed by atoms with Crippen molar-refractivity contribution in [2.45, 2.75) is 19.4 Å². The zero-order valence-electron chi connectivity index (χ0n) is 10.4. The van der Waals surface area contributed by atoms with Gasteiger partial charge in [-0.3, -0.25) is 9.88 Å². The summed E-state index contributed by atoms with van der Waals surface area (Å²) in [5, 5.41) is 0. The van der Waals surface area contributed by atoms with Crippen LogP contribution in [0.5, 0.6) is 0 Å². The predicted molar refractivity (Wildman–Crippen MR) is 68.5 cm³/mol. The molecular formula is C13H21N3O. The van der Waals surface area contributed by atoms with Crippen molar-refractivity contribution in [1.29, 1.82) is 0 Å². The highest BCUT2D eigenvalue weighted by molar-refractivity contribution is 5.34. The lowest BCUT2D eigenvalue weighted by Crippen LogP contribution is -2.23. The van der Waals surface area contributed by atoms with Crippen LogP contribution in [0.2, 0.25) is 0 Å². The number of likely N-dealkylation sites (N-methyl/N-ethyl adjacent to an activating group) is 1. The lowest BCUT2D eigenvalue weighted by molar-refractivity contribution is 0.101. The number of nitrogen functional groups attached to an aromatic ring is 1. The van der Waals surface area contributed by atoms with Gasteiger partial charge in [-0.15, -0.1) is 0 Å². The highest BCUT2D eigenvalue weighted by Gasteiger charge is 2.20. The molecule has 0 spiro atoms. The Bertz CT molecular complexity index is 335. The molecular weight excluding hydrogens is 214 g/mol. The van der Waals surface area contributed by atoms with Gasteiger partial charge in [-0.25, -0.2) is 0 Å². The lowest BCUT2D eigenvalue weighted by Gasteiger charge is -2.16. The normalized spacial score (nSPS) is 15.4. The van der Waals surface area contributed by atoms with Gasteiger partial charge in [0.15, 0.2) is 0 Å². The van der Waals surface area contributed by atoms with E-state index in [0.717, 1.165) is 37.9 Å². The number of hydrogen-bond donors (Lipinski definition) is 1. The smallest absolute Gasteiger partial charge is 0.0593 e. The maximum absolute atomic E-state index is 5.60. The Hall–Kier alpha value is -1.13. The average Bonchev–Trinajstić information content (AvgIpc) is 3.12. The molecule has 0 amide bonds. The fourth-order valence-electron chi connectivity index (χ4n) is 1.64. The lowest BCUT2D eigenvalue weighted by atomic mass is 10.3. The summed E-state index contributed by atoms with van der Waals surface area (Å²) in [5.74, 6) is 0.846. The van der Waals surface area contributed by atoms with Crippen LogP contribution in [0.4, 0.5) is 5.69 Å². The molecule has 4 nitrogen and oxygen atoms in total. The molecule has 0 saturated heterocycles. The molecule has 0 aliphatic heterocycles. The fourth-order valence-corrected chi connectivity index (χ4v) is 1.64. The van der Waals surface area contributed by atoms with Crippen LogP contribution in [-0.2, 0) is 11.3 Å². The van der Waals surface area contributed by atoms with Gasteiger partial charge in [-0.2, -0.15) is 0 Å². The second kappa shape index (κ2) is 5.98. The Kier molecular flexibility index (Phi) is 4.34. The third kappa shape index (κ3) is 4.71. The SMILES string of the molecule is CN(CCOCC1CC1)Cc1ccc(N)cn1. The molecule has 1 aromatic heterocycles. The third-order valence-corrected chi connectivity index (χ3v) is 2.95. The number of aromatic nitrogens is 1. The van der Waals surface area contributed by atoms with E-state index in [9.17, 15) is 0 Å². The van der Waals surface area contributed by atoms with E-state index < -0.39 is 0 Å². The Morgan fingerprint density at radius 1 is 1.47 bits per heavy atom. The molecule has 2 rings (SSSR count). The molecule has 17 heavy (non-hydrogen) atoms. The van der Waals surface area contributed by atoms with E-state index in [2.05, 4.69) is 16.9 Å². The molecule has 0 aromatic carbocycles. The van der Waals surface area contributed by atoms with Crippen LogP contribution in [0.3, 0.4) is 0 Å². The first-order valence-corrected chi connectivity index (χ1v) is 6.21. The molecule has 0 bridgehead atoms. The summed E-state index contributed by atoms with van der Waals surface area (Å²) >= 11 is 0. The zero-order chi connectivity index (χ0) is 12.1. The number of rotatable bonds is 7. The van der Waals surface area contributed by atoms with Gasteiger partial charge in [0, 0.05) is 19.7 Å². The molecule has 2 N–H and O–H groups in total. The molecule has 1 saturated carbocycles. The predicted octanol–water partition coefficient (Wildman–Crippen LogP) is 1.52. The van der Waals surface area contributed by atoms with Crippen LogP contribution < -0.4 is 5.73 Å². The molecule has 0 unspecified atom stereocenters. The summed E-state index contributed by atoms with van der Waals surface area (Å²) in [7, 11) is 2.08. The largest absolute Gasteiger partial charge is 0.397 e. The number of anilines is 1. The summed E-state index contributed by atoms with van der Waals surface area (Å²) in [6.45, 7) is 3.53. The molecule has 94 valence electrons. The van der Waals surface area contributed by atoms with E-state index in [1.807, 2.05) is 12.1 Å². The quantitative estimate of drug-likeness (QED) is 0.728. The summed E-state index contributed by atoms with van der Waals surface area (Å²) in [5.41, 5.74) is 7.35. The van der Waals surface area contributed by atoms with Crippen molar-refractivity contribution in [1.82, 2.24) is 9.88 Å². The van der Waals surface area contributed by atoms with Crippen molar-refractivity contribution in [3.8, 4) is 0 Å². The van der Waals surface area contributed by atoms with E-state index in [4.69, 9.17) is 10.5 Å². The van der Waals surface area contributed by atoms with Crippen molar-refractivity contribution in [2.75, 3.05) is 32.5 Å². The van der Waals surface area contributed by atoms with Gasteiger partial charge in [-0.1, -0.05) is 0 Å². The number of ether oxygens (including phenoxy) is 1. The summed E-state index contributed by atoms with van der Waals surface area (Å²) in [4.78, 5) is 6.49. The van der Waals surface area contributed by atoms with Gasteiger partial charge in [0.1, 0.15) is 0 Å². The summed E-state index contributed by atoms with van der Waals surface area (Å²) < 4.78 is 5.60. The monoisotopic (exact) mass is 235 g/mol. The van der Waals surface area contributed by atoms with Gasteiger partial charge in [0.2, 0.25) is 0 Å². The zero-order valence-corrected chi connectivity index (χ0v) is 10.4. The van der Waals surface area contributed by atoms with Gasteiger partial charge in [0.05, 0.1) is 24.2 Å². The highest BCUT2D eigenvalue weighted by Crippen LogP contribution is 2.28. The minimum Gasteiger partial charge on any atom is -0.397 e. The van der Waals surface area contributed by atoms with Gasteiger partial charge in [-0.05, 0) is 37.9 Å². The molecule has 1 aromatic rings. The molecule has 0 atom stereocenters. The van der Waals surface area contributed by atoms with Crippen molar-refractivity contribution >= 4 is 5.69 Å². The van der Waals surface area contributed by atoms with Crippen molar-refractivity contribution in [3.63, 3.8) is 0 Å². The van der Waals surface area contributed by atoms with Crippen LogP contribution in [0.25, 0.3) is 0 Å². The number of hydrogen-bond acceptors (Lipinski definition) is 4. The minimum absolute atomic E-state index is 0.712. The molecule has 1 heterocycles. The first-order chi connectivity index (χ1) is 8.24. The standard InChI is InChI=1S/C13H21N3O/c1-16(6-7-17-10-11-2-3-11)9-13-5-4-12(14)8-15-13/h4-5,8,11H,2-3,6-7,9-10,14H2,1H3. The Labute approximate surface area is 103 Å². The Morgan fingerprint density at radius 3 is 2.94 bits per heavy atom. The van der Waals surface area contributed by atoms with Gasteiger partial charge < -0.3 is 10.5 Å². The van der Waals surface area contributed by atoms with Gasteiger partial charge in [0.25, 0.3) is 0 Å². The van der Waals surface area contributed by atoms with E-state index in [1.165, 1.54) is 12.8 Å². The summed E-state index contributed by atoms with van der Waals surface area (Å²) in [6.07, 6.45) is 4.41. The molecule has 1 aliphatic rings. The number of nitrogens with zero attached hydrogens (tertiary/aromatic N) is 2. The molecule has 0 radical (unpaired) electrons. The number of nitrogens with two attached hydrogens (primary N) is 1. The molecule has 1 fully saturated rings. The average molecular weight is 235 g/mol. The number of pyridine rings is 1. The first kappa shape index (κ1) is 12.3. The van der Waals surface area contributed by atoms with Crippen molar-refractivity contribution in [3.05, 3.63) is 24.0 Å². The van der Waals surface area contributed by atoms with Crippen molar-refractivity contribution < 1.29 is 4.74 Å². The Balaban J connectivity index is 1.61. The van der Waals surface area contributed by atoms with Crippen LogP contribution in [0, 0.1) is 5.92 Å². The van der Waals surface area contributed by atoms with E-state index in [0.29, 0.717) is 5.69 Å². The van der Waals surface area contributed by atoms with E-state index >= 15 is 0 Å². The first-order valence-electron chi connectivity index (χ1n) is 6.21. The maximum Gasteiger partial charge on any atom is 0.0593 e.